The van der Waals surface area contributed by atoms with E-state index in [-0.39, 0.29) is 6.54 Å². The zero-order chi connectivity index (χ0) is 12.8. The van der Waals surface area contributed by atoms with Gasteiger partial charge in [0.15, 0.2) is 6.10 Å². The number of carbonyl (C=O) groups is 2. The van der Waals surface area contributed by atoms with Crippen LogP contribution in [-0.4, -0.2) is 41.7 Å². The second-order valence-corrected chi connectivity index (χ2v) is 3.44. The van der Waals surface area contributed by atoms with E-state index in [2.05, 4.69) is 15.0 Å². The summed E-state index contributed by atoms with van der Waals surface area (Å²) in [5.41, 5.74) is 1.17. The van der Waals surface area contributed by atoms with Gasteiger partial charge in [-0.15, -0.1) is 0 Å². The molecular weight excluding hydrogens is 224 g/mol. The van der Waals surface area contributed by atoms with Gasteiger partial charge in [-0.3, -0.25) is 9.78 Å². The number of aromatic nitrogens is 1. The molecule has 2 N–H and O–H groups in total. The number of rotatable bonds is 4. The van der Waals surface area contributed by atoms with Gasteiger partial charge in [0.2, 0.25) is 0 Å². The van der Waals surface area contributed by atoms with Crippen LogP contribution in [0.2, 0.25) is 0 Å². The molecule has 0 radical (unpaired) electrons. The maximum absolute atomic E-state index is 11.6. The standard InChI is InChI=1S/C11H14N2O4/c1-7-3-4-8(5-12-7)10(15)13-6-9(14)11(16)17-2/h3-5,9,14H,6H2,1-2H3,(H,13,15). The van der Waals surface area contributed by atoms with E-state index in [0.29, 0.717) is 5.56 Å². The van der Waals surface area contributed by atoms with Crippen molar-refractivity contribution in [2.24, 2.45) is 0 Å². The minimum atomic E-state index is -1.36. The molecule has 6 heteroatoms. The largest absolute Gasteiger partial charge is 0.467 e. The first-order chi connectivity index (χ1) is 8.04. The van der Waals surface area contributed by atoms with Gasteiger partial charge >= 0.3 is 5.97 Å². The third-order valence-electron chi connectivity index (χ3n) is 2.10. The molecule has 0 aliphatic carbocycles. The summed E-state index contributed by atoms with van der Waals surface area (Å²) in [5, 5.41) is 11.7. The predicted octanol–water partition coefficient (Wildman–Crippen LogP) is -0.346. The lowest BCUT2D eigenvalue weighted by atomic mass is 10.2. The van der Waals surface area contributed by atoms with Gasteiger partial charge in [0, 0.05) is 11.9 Å². The highest BCUT2D eigenvalue weighted by Crippen LogP contribution is 1.99. The SMILES string of the molecule is COC(=O)C(O)CNC(=O)c1ccc(C)nc1. The van der Waals surface area contributed by atoms with Crippen molar-refractivity contribution in [3.05, 3.63) is 29.6 Å². The Morgan fingerprint density at radius 2 is 2.24 bits per heavy atom. The molecular formula is C11H14N2O4. The number of amides is 1. The minimum absolute atomic E-state index is 0.195. The highest BCUT2D eigenvalue weighted by atomic mass is 16.5. The lowest BCUT2D eigenvalue weighted by Crippen LogP contribution is -2.37. The monoisotopic (exact) mass is 238 g/mol. The number of carbonyl (C=O) groups excluding carboxylic acids is 2. The average molecular weight is 238 g/mol. The second kappa shape index (κ2) is 5.95. The summed E-state index contributed by atoms with van der Waals surface area (Å²) in [4.78, 5) is 26.4. The third kappa shape index (κ3) is 3.84. The van der Waals surface area contributed by atoms with E-state index in [1.54, 1.807) is 12.1 Å². The number of hydrogen-bond donors (Lipinski definition) is 2. The van der Waals surface area contributed by atoms with Crippen LogP contribution in [0.25, 0.3) is 0 Å². The Balaban J connectivity index is 2.50. The van der Waals surface area contributed by atoms with Gasteiger partial charge in [0.05, 0.1) is 19.2 Å². The van der Waals surface area contributed by atoms with Crippen molar-refractivity contribution in [2.45, 2.75) is 13.0 Å². The molecule has 0 bridgehead atoms. The van der Waals surface area contributed by atoms with Gasteiger partial charge in [-0.2, -0.15) is 0 Å². The lowest BCUT2D eigenvalue weighted by Gasteiger charge is -2.09. The summed E-state index contributed by atoms with van der Waals surface area (Å²) >= 11 is 0. The first kappa shape index (κ1) is 13.1. The molecule has 0 saturated heterocycles. The summed E-state index contributed by atoms with van der Waals surface area (Å²) in [6.07, 6.45) is 0.0669. The number of ether oxygens (including phenoxy) is 1. The Morgan fingerprint density at radius 3 is 2.76 bits per heavy atom. The van der Waals surface area contributed by atoms with Crippen molar-refractivity contribution in [1.29, 1.82) is 0 Å². The van der Waals surface area contributed by atoms with Crippen LogP contribution >= 0.6 is 0 Å². The van der Waals surface area contributed by atoms with E-state index < -0.39 is 18.0 Å². The molecule has 17 heavy (non-hydrogen) atoms. The molecule has 1 rings (SSSR count). The van der Waals surface area contributed by atoms with Crippen LogP contribution in [0.5, 0.6) is 0 Å². The van der Waals surface area contributed by atoms with Crippen LogP contribution in [0.4, 0.5) is 0 Å². The molecule has 1 unspecified atom stereocenters. The molecule has 1 atom stereocenters. The molecule has 0 aliphatic rings. The zero-order valence-electron chi connectivity index (χ0n) is 9.64. The molecule has 1 aromatic heterocycles. The number of aliphatic hydroxyl groups is 1. The number of nitrogens with one attached hydrogen (secondary N) is 1. The quantitative estimate of drug-likeness (QED) is 0.700. The van der Waals surface area contributed by atoms with E-state index in [0.717, 1.165) is 12.8 Å². The van der Waals surface area contributed by atoms with Gasteiger partial charge in [-0.05, 0) is 19.1 Å². The number of aliphatic hydroxyl groups excluding tert-OH is 1. The second-order valence-electron chi connectivity index (χ2n) is 3.44. The average Bonchev–Trinajstić information content (AvgIpc) is 2.35. The predicted molar refractivity (Wildman–Crippen MR) is 59.3 cm³/mol. The summed E-state index contributed by atoms with van der Waals surface area (Å²) in [7, 11) is 1.16. The molecule has 6 nitrogen and oxygen atoms in total. The van der Waals surface area contributed by atoms with Gasteiger partial charge in [0.25, 0.3) is 5.91 Å². The Kier molecular flexibility index (Phi) is 4.59. The molecule has 0 aliphatic heterocycles. The fourth-order valence-corrected chi connectivity index (χ4v) is 1.11. The highest BCUT2D eigenvalue weighted by Gasteiger charge is 2.16. The van der Waals surface area contributed by atoms with E-state index in [9.17, 15) is 14.7 Å². The normalized spacial score (nSPS) is 11.7. The molecule has 0 aromatic carbocycles. The molecule has 1 heterocycles. The summed E-state index contributed by atoms with van der Waals surface area (Å²) in [6, 6.07) is 3.31. The summed E-state index contributed by atoms with van der Waals surface area (Å²) in [6.45, 7) is 1.61. The van der Waals surface area contributed by atoms with Crippen molar-refractivity contribution in [3.8, 4) is 0 Å². The molecule has 0 spiro atoms. The van der Waals surface area contributed by atoms with Crippen LogP contribution in [0.3, 0.4) is 0 Å². The van der Waals surface area contributed by atoms with Crippen molar-refractivity contribution in [2.75, 3.05) is 13.7 Å². The Bertz CT molecular complexity index is 402. The minimum Gasteiger partial charge on any atom is -0.467 e. The van der Waals surface area contributed by atoms with Crippen molar-refractivity contribution in [1.82, 2.24) is 10.3 Å². The smallest absolute Gasteiger partial charge is 0.336 e. The number of methoxy groups -OCH3 is 1. The van der Waals surface area contributed by atoms with Crippen LogP contribution in [0.1, 0.15) is 16.1 Å². The Morgan fingerprint density at radius 1 is 1.53 bits per heavy atom. The Hall–Kier alpha value is -1.95. The number of aryl methyl sites for hydroxylation is 1. The lowest BCUT2D eigenvalue weighted by molar-refractivity contribution is -0.149. The molecule has 1 amide bonds. The zero-order valence-corrected chi connectivity index (χ0v) is 9.64. The van der Waals surface area contributed by atoms with E-state index in [1.807, 2.05) is 6.92 Å². The molecule has 1 aromatic rings. The van der Waals surface area contributed by atoms with Gasteiger partial charge < -0.3 is 15.2 Å². The van der Waals surface area contributed by atoms with Crippen LogP contribution in [0.15, 0.2) is 18.3 Å². The third-order valence-corrected chi connectivity index (χ3v) is 2.10. The van der Waals surface area contributed by atoms with Crippen molar-refractivity contribution >= 4 is 11.9 Å². The fraction of sp³-hybridized carbons (Fsp3) is 0.364. The van der Waals surface area contributed by atoms with E-state index in [4.69, 9.17) is 0 Å². The van der Waals surface area contributed by atoms with E-state index >= 15 is 0 Å². The first-order valence-electron chi connectivity index (χ1n) is 5.01. The summed E-state index contributed by atoms with van der Waals surface area (Å²) < 4.78 is 4.31. The van der Waals surface area contributed by atoms with Crippen LogP contribution in [0, 0.1) is 6.92 Å². The number of pyridine rings is 1. The maximum Gasteiger partial charge on any atom is 0.336 e. The van der Waals surface area contributed by atoms with Crippen molar-refractivity contribution in [3.63, 3.8) is 0 Å². The maximum atomic E-state index is 11.6. The van der Waals surface area contributed by atoms with Gasteiger partial charge in [0.1, 0.15) is 0 Å². The molecule has 92 valence electrons. The highest BCUT2D eigenvalue weighted by molar-refractivity contribution is 5.94. The van der Waals surface area contributed by atoms with Crippen molar-refractivity contribution < 1.29 is 19.4 Å². The fourth-order valence-electron chi connectivity index (χ4n) is 1.11. The van der Waals surface area contributed by atoms with Crippen LogP contribution < -0.4 is 5.32 Å². The number of esters is 1. The number of nitrogens with zero attached hydrogens (tertiary/aromatic N) is 1. The van der Waals surface area contributed by atoms with Gasteiger partial charge in [-0.1, -0.05) is 0 Å². The topological polar surface area (TPSA) is 88.5 Å². The van der Waals surface area contributed by atoms with Gasteiger partial charge in [-0.25, -0.2) is 4.79 Å². The molecule has 0 saturated carbocycles. The van der Waals surface area contributed by atoms with E-state index in [1.165, 1.54) is 6.20 Å². The number of hydrogen-bond acceptors (Lipinski definition) is 5. The Labute approximate surface area is 98.6 Å². The first-order valence-corrected chi connectivity index (χ1v) is 5.01. The van der Waals surface area contributed by atoms with Crippen LogP contribution in [-0.2, 0) is 9.53 Å². The molecule has 0 fully saturated rings. The summed E-state index contributed by atoms with van der Waals surface area (Å²) in [5.74, 6) is -1.19.